The molecule has 1 rings (SSSR count). The Balaban J connectivity index is 2.71. The lowest BCUT2D eigenvalue weighted by atomic mass is 9.97. The lowest BCUT2D eigenvalue weighted by Gasteiger charge is -2.20. The van der Waals surface area contributed by atoms with Crippen LogP contribution in [0.15, 0.2) is 18.2 Å². The SMILES string of the molecule is CCCNC(CCCC(C)C)c1ccc(C)cc1F. The van der Waals surface area contributed by atoms with Gasteiger partial charge in [-0.3, -0.25) is 0 Å². The number of aryl methyl sites for hydroxylation is 1. The predicted octanol–water partition coefficient (Wildman–Crippen LogP) is 5.00. The number of hydrogen-bond acceptors (Lipinski definition) is 1. The number of nitrogens with one attached hydrogen (secondary N) is 1. The molecule has 0 radical (unpaired) electrons. The zero-order valence-electron chi connectivity index (χ0n) is 12.8. The van der Waals surface area contributed by atoms with Gasteiger partial charge in [0.25, 0.3) is 0 Å². The maximum atomic E-state index is 14.1. The summed E-state index contributed by atoms with van der Waals surface area (Å²) in [6, 6.07) is 5.73. The Labute approximate surface area is 117 Å². The first-order valence-corrected chi connectivity index (χ1v) is 7.54. The van der Waals surface area contributed by atoms with Crippen LogP contribution in [0.5, 0.6) is 0 Å². The van der Waals surface area contributed by atoms with Crippen molar-refractivity contribution in [2.75, 3.05) is 6.54 Å². The van der Waals surface area contributed by atoms with E-state index in [2.05, 4.69) is 26.1 Å². The summed E-state index contributed by atoms with van der Waals surface area (Å²) in [7, 11) is 0. The molecule has 0 saturated carbocycles. The Kier molecular flexibility index (Phi) is 7.07. The van der Waals surface area contributed by atoms with Gasteiger partial charge in [0, 0.05) is 11.6 Å². The number of benzene rings is 1. The molecule has 0 saturated heterocycles. The lowest BCUT2D eigenvalue weighted by molar-refractivity contribution is 0.434. The standard InChI is InChI=1S/C17H28FN/c1-5-11-19-17(8-6-7-13(2)3)15-10-9-14(4)12-16(15)18/h9-10,12-13,17,19H,5-8,11H2,1-4H3. The summed E-state index contributed by atoms with van der Waals surface area (Å²) >= 11 is 0. The Bertz CT molecular complexity index is 374. The minimum absolute atomic E-state index is 0.0712. The van der Waals surface area contributed by atoms with E-state index in [9.17, 15) is 4.39 Å². The van der Waals surface area contributed by atoms with E-state index >= 15 is 0 Å². The molecule has 1 aromatic carbocycles. The van der Waals surface area contributed by atoms with Crippen LogP contribution < -0.4 is 5.32 Å². The highest BCUT2D eigenvalue weighted by Crippen LogP contribution is 2.24. The van der Waals surface area contributed by atoms with Gasteiger partial charge >= 0.3 is 0 Å². The van der Waals surface area contributed by atoms with Crippen molar-refractivity contribution in [1.82, 2.24) is 5.32 Å². The van der Waals surface area contributed by atoms with E-state index < -0.39 is 0 Å². The molecule has 1 nitrogen and oxygen atoms in total. The summed E-state index contributed by atoms with van der Waals surface area (Å²) in [5.74, 6) is 0.646. The predicted molar refractivity (Wildman–Crippen MR) is 80.9 cm³/mol. The molecule has 0 aliphatic carbocycles. The van der Waals surface area contributed by atoms with E-state index in [1.54, 1.807) is 6.07 Å². The summed E-state index contributed by atoms with van der Waals surface area (Å²) in [6.07, 6.45) is 4.44. The highest BCUT2D eigenvalue weighted by atomic mass is 19.1. The third kappa shape index (κ3) is 5.73. The molecule has 19 heavy (non-hydrogen) atoms. The Morgan fingerprint density at radius 2 is 1.95 bits per heavy atom. The minimum Gasteiger partial charge on any atom is -0.310 e. The normalized spacial score (nSPS) is 12.9. The zero-order chi connectivity index (χ0) is 14.3. The van der Waals surface area contributed by atoms with Crippen LogP contribution in [0.25, 0.3) is 0 Å². The van der Waals surface area contributed by atoms with E-state index in [0.29, 0.717) is 0 Å². The van der Waals surface area contributed by atoms with E-state index in [-0.39, 0.29) is 11.9 Å². The molecule has 2 heteroatoms. The fraction of sp³-hybridized carbons (Fsp3) is 0.647. The molecule has 0 heterocycles. The molecule has 0 fully saturated rings. The van der Waals surface area contributed by atoms with Crippen molar-refractivity contribution >= 4 is 0 Å². The summed E-state index contributed by atoms with van der Waals surface area (Å²) in [5, 5.41) is 3.48. The van der Waals surface area contributed by atoms with E-state index in [4.69, 9.17) is 0 Å². The molecule has 0 aliphatic heterocycles. The number of hydrogen-bond donors (Lipinski definition) is 1. The van der Waals surface area contributed by atoms with Crippen molar-refractivity contribution in [2.24, 2.45) is 5.92 Å². The Morgan fingerprint density at radius 3 is 2.53 bits per heavy atom. The molecule has 0 spiro atoms. The quantitative estimate of drug-likeness (QED) is 0.697. The summed E-state index contributed by atoms with van der Waals surface area (Å²) in [5.41, 5.74) is 1.81. The van der Waals surface area contributed by atoms with Gasteiger partial charge in [-0.1, -0.05) is 45.7 Å². The summed E-state index contributed by atoms with van der Waals surface area (Å²) < 4.78 is 14.1. The van der Waals surface area contributed by atoms with Crippen molar-refractivity contribution in [1.29, 1.82) is 0 Å². The minimum atomic E-state index is -0.0712. The first-order chi connectivity index (χ1) is 9.04. The van der Waals surface area contributed by atoms with Crippen molar-refractivity contribution in [2.45, 2.75) is 59.4 Å². The van der Waals surface area contributed by atoms with Crippen molar-refractivity contribution in [3.63, 3.8) is 0 Å². The Morgan fingerprint density at radius 1 is 1.21 bits per heavy atom. The van der Waals surface area contributed by atoms with Gasteiger partial charge in [0.05, 0.1) is 0 Å². The van der Waals surface area contributed by atoms with E-state index in [1.165, 1.54) is 6.42 Å². The maximum Gasteiger partial charge on any atom is 0.128 e. The van der Waals surface area contributed by atoms with Crippen LogP contribution in [0, 0.1) is 18.7 Å². The van der Waals surface area contributed by atoms with Gasteiger partial charge in [0.1, 0.15) is 5.82 Å². The molecular weight excluding hydrogens is 237 g/mol. The number of halogens is 1. The van der Waals surface area contributed by atoms with Gasteiger partial charge in [0.15, 0.2) is 0 Å². The van der Waals surface area contributed by atoms with Crippen LogP contribution in [0.4, 0.5) is 4.39 Å². The largest absolute Gasteiger partial charge is 0.310 e. The Hall–Kier alpha value is -0.890. The molecule has 1 aromatic rings. The molecular formula is C17H28FN. The molecule has 0 aliphatic rings. The monoisotopic (exact) mass is 265 g/mol. The molecule has 0 amide bonds. The average molecular weight is 265 g/mol. The summed E-state index contributed by atoms with van der Waals surface area (Å²) in [4.78, 5) is 0. The fourth-order valence-corrected chi connectivity index (χ4v) is 2.33. The van der Waals surface area contributed by atoms with Crippen molar-refractivity contribution in [3.8, 4) is 0 Å². The highest BCUT2D eigenvalue weighted by molar-refractivity contribution is 5.26. The number of rotatable bonds is 8. The maximum absolute atomic E-state index is 14.1. The molecule has 108 valence electrons. The van der Waals surface area contributed by atoms with Crippen molar-refractivity contribution in [3.05, 3.63) is 35.1 Å². The second-order valence-corrected chi connectivity index (χ2v) is 5.86. The van der Waals surface area contributed by atoms with Gasteiger partial charge in [-0.2, -0.15) is 0 Å². The third-order valence-electron chi connectivity index (χ3n) is 3.45. The first kappa shape index (κ1) is 16.2. The van der Waals surface area contributed by atoms with Gasteiger partial charge < -0.3 is 5.32 Å². The van der Waals surface area contributed by atoms with Gasteiger partial charge in [-0.15, -0.1) is 0 Å². The molecule has 1 N–H and O–H groups in total. The summed E-state index contributed by atoms with van der Waals surface area (Å²) in [6.45, 7) is 9.49. The fourth-order valence-electron chi connectivity index (χ4n) is 2.33. The lowest BCUT2D eigenvalue weighted by Crippen LogP contribution is -2.23. The van der Waals surface area contributed by atoms with Crippen LogP contribution >= 0.6 is 0 Å². The zero-order valence-corrected chi connectivity index (χ0v) is 12.8. The first-order valence-electron chi connectivity index (χ1n) is 7.54. The molecule has 1 unspecified atom stereocenters. The second kappa shape index (κ2) is 8.31. The van der Waals surface area contributed by atoms with E-state index in [0.717, 1.165) is 42.9 Å². The topological polar surface area (TPSA) is 12.0 Å². The molecule has 0 bridgehead atoms. The van der Waals surface area contributed by atoms with Crippen LogP contribution in [0.2, 0.25) is 0 Å². The third-order valence-corrected chi connectivity index (χ3v) is 3.45. The highest BCUT2D eigenvalue weighted by Gasteiger charge is 2.15. The average Bonchev–Trinajstić information content (AvgIpc) is 2.34. The van der Waals surface area contributed by atoms with Crippen LogP contribution in [0.1, 0.15) is 63.6 Å². The smallest absolute Gasteiger partial charge is 0.128 e. The van der Waals surface area contributed by atoms with Crippen LogP contribution in [-0.2, 0) is 0 Å². The van der Waals surface area contributed by atoms with E-state index in [1.807, 2.05) is 19.1 Å². The van der Waals surface area contributed by atoms with Crippen LogP contribution in [-0.4, -0.2) is 6.54 Å². The van der Waals surface area contributed by atoms with Gasteiger partial charge in [0.2, 0.25) is 0 Å². The van der Waals surface area contributed by atoms with Crippen molar-refractivity contribution < 1.29 is 4.39 Å². The molecule has 1 atom stereocenters. The van der Waals surface area contributed by atoms with Gasteiger partial charge in [-0.25, -0.2) is 4.39 Å². The second-order valence-electron chi connectivity index (χ2n) is 5.86. The molecule has 0 aromatic heterocycles. The van der Waals surface area contributed by atoms with Crippen LogP contribution in [0.3, 0.4) is 0 Å². The van der Waals surface area contributed by atoms with Gasteiger partial charge in [-0.05, 0) is 43.9 Å².